The maximum absolute atomic E-state index is 13.0. The second-order valence-electron chi connectivity index (χ2n) is 8.02. The minimum atomic E-state index is -0.532. The summed E-state index contributed by atoms with van der Waals surface area (Å²) in [5.41, 5.74) is 3.59. The lowest BCUT2D eigenvalue weighted by atomic mass is 9.99. The maximum Gasteiger partial charge on any atom is 0.267 e. The van der Waals surface area contributed by atoms with Gasteiger partial charge in [-0.15, -0.1) is 0 Å². The summed E-state index contributed by atoms with van der Waals surface area (Å²) in [6.45, 7) is 1.58. The van der Waals surface area contributed by atoms with Crippen LogP contribution in [0.15, 0.2) is 30.5 Å². The topological polar surface area (TPSA) is 87.3 Å². The van der Waals surface area contributed by atoms with Crippen LogP contribution in [-0.2, 0) is 11.2 Å². The van der Waals surface area contributed by atoms with Gasteiger partial charge >= 0.3 is 0 Å². The molecule has 2 aliphatic rings. The zero-order valence-corrected chi connectivity index (χ0v) is 18.0. The second-order valence-corrected chi connectivity index (χ2v) is 8.46. The van der Waals surface area contributed by atoms with E-state index in [4.69, 9.17) is 16.3 Å². The number of hydrogen-bond donors (Lipinski definition) is 2. The summed E-state index contributed by atoms with van der Waals surface area (Å²) in [6.07, 6.45) is 4.90. The number of halogens is 1. The lowest BCUT2D eigenvalue weighted by Gasteiger charge is -2.28. The minimum Gasteiger partial charge on any atom is -0.479 e. The Labute approximate surface area is 184 Å². The van der Waals surface area contributed by atoms with Crippen LogP contribution in [0.25, 0.3) is 22.2 Å². The van der Waals surface area contributed by atoms with Gasteiger partial charge in [-0.2, -0.15) is 0 Å². The molecule has 2 N–H and O–H groups in total. The average molecular weight is 439 g/mol. The zero-order valence-electron chi connectivity index (χ0n) is 17.2. The average Bonchev–Trinajstić information content (AvgIpc) is 3.42. The van der Waals surface area contributed by atoms with Crippen LogP contribution in [0.5, 0.6) is 5.75 Å². The van der Waals surface area contributed by atoms with Gasteiger partial charge in [-0.05, 0) is 49.1 Å². The molecule has 160 valence electrons. The van der Waals surface area contributed by atoms with E-state index in [-0.39, 0.29) is 11.8 Å². The molecule has 31 heavy (non-hydrogen) atoms. The highest BCUT2D eigenvalue weighted by Crippen LogP contribution is 2.43. The molecule has 8 heteroatoms. The van der Waals surface area contributed by atoms with Gasteiger partial charge in [0, 0.05) is 54.3 Å². The van der Waals surface area contributed by atoms with Crippen molar-refractivity contribution in [2.24, 2.45) is 0 Å². The minimum absolute atomic E-state index is 0.0430. The molecule has 0 spiro atoms. The number of amides is 2. The van der Waals surface area contributed by atoms with Crippen molar-refractivity contribution in [2.75, 3.05) is 20.1 Å². The van der Waals surface area contributed by atoms with Crippen molar-refractivity contribution in [3.05, 3.63) is 46.7 Å². The van der Waals surface area contributed by atoms with Crippen LogP contribution in [0, 0.1) is 0 Å². The van der Waals surface area contributed by atoms with Crippen molar-refractivity contribution in [1.82, 2.24) is 20.2 Å². The summed E-state index contributed by atoms with van der Waals surface area (Å²) in [5, 5.41) is 3.99. The summed E-state index contributed by atoms with van der Waals surface area (Å²) in [6, 6.07) is 7.36. The molecule has 2 aromatic heterocycles. The summed E-state index contributed by atoms with van der Waals surface area (Å²) in [5.74, 6) is 0.500. The number of piperidine rings is 1. The number of likely N-dealkylation sites (tertiary alicyclic amines) is 1. The largest absolute Gasteiger partial charge is 0.479 e. The van der Waals surface area contributed by atoms with Crippen LogP contribution < -0.4 is 10.1 Å². The van der Waals surface area contributed by atoms with E-state index in [1.54, 1.807) is 19.3 Å². The van der Waals surface area contributed by atoms with E-state index in [0.717, 1.165) is 48.0 Å². The molecular formula is C23H23ClN4O3. The van der Waals surface area contributed by atoms with Crippen LogP contribution in [0.1, 0.15) is 35.3 Å². The molecule has 5 rings (SSSR count). The smallest absolute Gasteiger partial charge is 0.267 e. The highest BCUT2D eigenvalue weighted by molar-refractivity contribution is 6.31. The number of benzene rings is 1. The molecule has 4 heterocycles. The maximum atomic E-state index is 13.0. The third-order valence-electron chi connectivity index (χ3n) is 6.03. The third-order valence-corrected chi connectivity index (χ3v) is 6.25. The van der Waals surface area contributed by atoms with Gasteiger partial charge in [0.1, 0.15) is 17.1 Å². The van der Waals surface area contributed by atoms with Crippen molar-refractivity contribution >= 4 is 34.4 Å². The van der Waals surface area contributed by atoms with Gasteiger partial charge in [-0.25, -0.2) is 4.98 Å². The summed E-state index contributed by atoms with van der Waals surface area (Å²) in [7, 11) is 1.58. The van der Waals surface area contributed by atoms with Crippen LogP contribution in [0.2, 0.25) is 5.02 Å². The number of H-pyrrole nitrogens is 1. The second kappa shape index (κ2) is 7.89. The molecule has 3 aromatic rings. The number of carbonyl (C=O) groups is 2. The van der Waals surface area contributed by atoms with Crippen molar-refractivity contribution < 1.29 is 14.3 Å². The fourth-order valence-corrected chi connectivity index (χ4v) is 4.74. The number of pyridine rings is 1. The Balaban J connectivity index is 1.54. The summed E-state index contributed by atoms with van der Waals surface area (Å²) >= 11 is 6.45. The van der Waals surface area contributed by atoms with Crippen LogP contribution in [0.4, 0.5) is 0 Å². The molecule has 2 aliphatic heterocycles. The summed E-state index contributed by atoms with van der Waals surface area (Å²) < 4.78 is 6.23. The predicted molar refractivity (Wildman–Crippen MR) is 118 cm³/mol. The van der Waals surface area contributed by atoms with Crippen molar-refractivity contribution in [1.29, 1.82) is 0 Å². The van der Waals surface area contributed by atoms with Gasteiger partial charge in [-0.1, -0.05) is 11.6 Å². The van der Waals surface area contributed by atoms with Gasteiger partial charge in [-0.3, -0.25) is 9.59 Å². The van der Waals surface area contributed by atoms with Crippen LogP contribution in [0.3, 0.4) is 0 Å². The molecule has 1 unspecified atom stereocenters. The molecule has 0 saturated carbocycles. The lowest BCUT2D eigenvalue weighted by molar-refractivity contribution is -0.138. The van der Waals surface area contributed by atoms with E-state index in [1.165, 1.54) is 6.42 Å². The molecule has 7 nitrogen and oxygen atoms in total. The van der Waals surface area contributed by atoms with Crippen molar-refractivity contribution in [3.63, 3.8) is 0 Å². The standard InChI is InChI=1S/C23H23ClN4O3/c1-25-22(29)18-12-17-15(5-6-26-21(17)27-18)16-11-14(24)9-13-10-19(31-20(13)16)23(30)28-7-3-2-4-8-28/h5-6,9,11-12,19H,2-4,7-8,10H2,1H3,(H,25,29)(H,26,27). The molecular weight excluding hydrogens is 416 g/mol. The number of aromatic nitrogens is 2. The van der Waals surface area contributed by atoms with Gasteiger partial charge in [0.25, 0.3) is 11.8 Å². The number of aromatic amines is 1. The molecule has 1 fully saturated rings. The predicted octanol–water partition coefficient (Wildman–Crippen LogP) is 3.56. The van der Waals surface area contributed by atoms with E-state index in [1.807, 2.05) is 23.1 Å². The Morgan fingerprint density at radius 2 is 2.00 bits per heavy atom. The normalized spacial score (nSPS) is 18.0. The Morgan fingerprint density at radius 1 is 1.19 bits per heavy atom. The Kier molecular flexibility index (Phi) is 5.06. The number of nitrogens with one attached hydrogen (secondary N) is 2. The fraction of sp³-hybridized carbons (Fsp3) is 0.348. The van der Waals surface area contributed by atoms with Crippen molar-refractivity contribution in [2.45, 2.75) is 31.8 Å². The number of ether oxygens (including phenoxy) is 1. The van der Waals surface area contributed by atoms with E-state index in [9.17, 15) is 9.59 Å². The van der Waals surface area contributed by atoms with Gasteiger partial charge in [0.2, 0.25) is 0 Å². The van der Waals surface area contributed by atoms with E-state index >= 15 is 0 Å². The summed E-state index contributed by atoms with van der Waals surface area (Å²) in [4.78, 5) is 34.4. The molecule has 0 aliphatic carbocycles. The van der Waals surface area contributed by atoms with Crippen LogP contribution >= 0.6 is 11.6 Å². The highest BCUT2D eigenvalue weighted by Gasteiger charge is 2.35. The van der Waals surface area contributed by atoms with Gasteiger partial charge in [0.05, 0.1) is 0 Å². The monoisotopic (exact) mass is 438 g/mol. The Bertz CT molecular complexity index is 1180. The quantitative estimate of drug-likeness (QED) is 0.654. The van der Waals surface area contributed by atoms with E-state index in [0.29, 0.717) is 28.5 Å². The number of hydrogen-bond acceptors (Lipinski definition) is 4. The molecule has 1 aromatic carbocycles. The SMILES string of the molecule is CNC(=O)c1cc2c(-c3cc(Cl)cc4c3OC(C(=O)N3CCCCC3)C4)ccnc2[nH]1. The number of carbonyl (C=O) groups excluding carboxylic acids is 2. The first-order chi connectivity index (χ1) is 15.0. The Morgan fingerprint density at radius 3 is 2.77 bits per heavy atom. The molecule has 2 amide bonds. The van der Waals surface area contributed by atoms with E-state index in [2.05, 4.69) is 15.3 Å². The van der Waals surface area contributed by atoms with E-state index < -0.39 is 6.10 Å². The first-order valence-corrected chi connectivity index (χ1v) is 10.9. The molecule has 0 radical (unpaired) electrons. The van der Waals surface area contributed by atoms with Crippen molar-refractivity contribution in [3.8, 4) is 16.9 Å². The first-order valence-electron chi connectivity index (χ1n) is 10.5. The fourth-order valence-electron chi connectivity index (χ4n) is 4.50. The number of fused-ring (bicyclic) bond motifs is 2. The zero-order chi connectivity index (χ0) is 21.5. The third kappa shape index (κ3) is 3.53. The Hall–Kier alpha value is -3.06. The molecule has 1 atom stereocenters. The van der Waals surface area contributed by atoms with Gasteiger partial charge < -0.3 is 19.9 Å². The molecule has 0 bridgehead atoms. The number of rotatable bonds is 3. The first kappa shape index (κ1) is 19.9. The lowest BCUT2D eigenvalue weighted by Crippen LogP contribution is -2.43. The molecule has 1 saturated heterocycles. The number of nitrogens with zero attached hydrogens (tertiary/aromatic N) is 2. The van der Waals surface area contributed by atoms with Crippen LogP contribution in [-0.4, -0.2) is 52.9 Å². The highest BCUT2D eigenvalue weighted by atomic mass is 35.5. The van der Waals surface area contributed by atoms with Gasteiger partial charge in [0.15, 0.2) is 6.10 Å².